The number of hydrazine groups is 1. The molecule has 2 aromatic heterocycles. The molecule has 0 spiro atoms. The third-order valence-corrected chi connectivity index (χ3v) is 7.31. The number of hydrogen-bond acceptors (Lipinski definition) is 4. The van der Waals surface area contributed by atoms with Crippen LogP contribution in [-0.2, 0) is 12.8 Å². The molecule has 27 heavy (non-hydrogen) atoms. The predicted molar refractivity (Wildman–Crippen MR) is 106 cm³/mol. The molecular formula is C21H25N3O2S. The van der Waals surface area contributed by atoms with Gasteiger partial charge in [0.2, 0.25) is 0 Å². The molecule has 2 amide bonds. The fraction of sp³-hybridized carbons (Fsp3) is 0.476. The van der Waals surface area contributed by atoms with Crippen LogP contribution in [0, 0.1) is 25.2 Å². The number of thiophene rings is 1. The Morgan fingerprint density at radius 1 is 1.22 bits per heavy atom. The van der Waals surface area contributed by atoms with E-state index in [1.807, 2.05) is 13.8 Å². The van der Waals surface area contributed by atoms with Crippen LogP contribution in [0.15, 0.2) is 12.1 Å². The highest BCUT2D eigenvalue weighted by Crippen LogP contribution is 2.71. The van der Waals surface area contributed by atoms with Crippen molar-refractivity contribution in [3.8, 4) is 0 Å². The highest BCUT2D eigenvalue weighted by atomic mass is 32.1. The van der Waals surface area contributed by atoms with Crippen LogP contribution >= 0.6 is 11.3 Å². The first-order valence-electron chi connectivity index (χ1n) is 9.44. The van der Waals surface area contributed by atoms with Crippen molar-refractivity contribution in [1.29, 1.82) is 0 Å². The maximum Gasteiger partial charge on any atom is 0.280 e. The number of carbonyl (C=O) groups is 2. The third kappa shape index (κ3) is 2.87. The second-order valence-corrected chi connectivity index (χ2v) is 9.46. The highest BCUT2D eigenvalue weighted by Gasteiger charge is 2.63. The molecule has 5 nitrogen and oxygen atoms in total. The summed E-state index contributed by atoms with van der Waals surface area (Å²) in [6, 6.07) is 3.49. The minimum atomic E-state index is -0.322. The van der Waals surface area contributed by atoms with Crippen molar-refractivity contribution in [3.63, 3.8) is 0 Å². The van der Waals surface area contributed by atoms with E-state index in [1.165, 1.54) is 27.3 Å². The van der Waals surface area contributed by atoms with Crippen LogP contribution in [0.2, 0.25) is 0 Å². The molecule has 0 bridgehead atoms. The van der Waals surface area contributed by atoms with E-state index in [0.29, 0.717) is 22.8 Å². The lowest BCUT2D eigenvalue weighted by Gasteiger charge is -2.11. The lowest BCUT2D eigenvalue weighted by Crippen LogP contribution is -2.41. The van der Waals surface area contributed by atoms with Gasteiger partial charge in [0.15, 0.2) is 0 Å². The molecule has 2 unspecified atom stereocenters. The van der Waals surface area contributed by atoms with Crippen molar-refractivity contribution in [3.05, 3.63) is 50.0 Å². The molecule has 2 aromatic rings. The Kier molecular flexibility index (Phi) is 4.14. The van der Waals surface area contributed by atoms with Crippen molar-refractivity contribution in [2.75, 3.05) is 0 Å². The van der Waals surface area contributed by atoms with E-state index in [-0.39, 0.29) is 11.8 Å². The zero-order chi connectivity index (χ0) is 19.5. The van der Waals surface area contributed by atoms with Gasteiger partial charge in [0, 0.05) is 21.8 Å². The van der Waals surface area contributed by atoms with Crippen molar-refractivity contribution in [2.24, 2.45) is 11.3 Å². The lowest BCUT2D eigenvalue weighted by molar-refractivity contribution is 0.0848. The molecular weight excluding hydrogens is 358 g/mol. The standard InChI is InChI=1S/C21H25N3O2S/c1-6-13-8-12(7-10(2)22-13)19(25)23-24-20(26)18-14-9-15-17(21(15,4)5)16(14)11(3)27-18/h7-8,15,17H,6,9H2,1-5H3,(H,23,25)(H,24,26). The first-order valence-corrected chi connectivity index (χ1v) is 10.3. The molecule has 2 atom stereocenters. The minimum absolute atomic E-state index is 0.224. The molecule has 4 rings (SSSR count). The SMILES string of the molecule is CCc1cc(C(=O)NNC(=O)c2sc(C)c3c2CC2C3C2(C)C)cc(C)n1. The Balaban J connectivity index is 1.47. The number of fused-ring (bicyclic) bond motifs is 3. The average Bonchev–Trinajstić information content (AvgIpc) is 2.96. The van der Waals surface area contributed by atoms with Crippen molar-refractivity contribution in [1.82, 2.24) is 15.8 Å². The van der Waals surface area contributed by atoms with E-state index < -0.39 is 0 Å². The fourth-order valence-corrected chi connectivity index (χ4v) is 5.73. The number of aromatic nitrogens is 1. The van der Waals surface area contributed by atoms with Crippen LogP contribution in [-0.4, -0.2) is 16.8 Å². The molecule has 0 aliphatic heterocycles. The van der Waals surface area contributed by atoms with E-state index in [9.17, 15) is 9.59 Å². The van der Waals surface area contributed by atoms with Crippen LogP contribution in [0.5, 0.6) is 0 Å². The summed E-state index contributed by atoms with van der Waals surface area (Å²) in [5, 5.41) is 0. The Morgan fingerprint density at radius 2 is 1.93 bits per heavy atom. The maximum atomic E-state index is 12.7. The third-order valence-electron chi connectivity index (χ3n) is 6.15. The number of amides is 2. The summed E-state index contributed by atoms with van der Waals surface area (Å²) < 4.78 is 0. The van der Waals surface area contributed by atoms with Gasteiger partial charge in [-0.2, -0.15) is 0 Å². The summed E-state index contributed by atoms with van der Waals surface area (Å²) in [6.07, 6.45) is 1.73. The maximum absolute atomic E-state index is 12.7. The molecule has 0 radical (unpaired) electrons. The summed E-state index contributed by atoms with van der Waals surface area (Å²) >= 11 is 1.54. The zero-order valence-electron chi connectivity index (χ0n) is 16.4. The zero-order valence-corrected chi connectivity index (χ0v) is 17.2. The number of nitrogens with one attached hydrogen (secondary N) is 2. The van der Waals surface area contributed by atoms with Gasteiger partial charge < -0.3 is 0 Å². The molecule has 2 aliphatic rings. The summed E-state index contributed by atoms with van der Waals surface area (Å²) in [5.74, 6) is 0.700. The lowest BCUT2D eigenvalue weighted by atomic mass is 9.95. The summed E-state index contributed by atoms with van der Waals surface area (Å²) in [4.78, 5) is 31.5. The second-order valence-electron chi connectivity index (χ2n) is 8.24. The van der Waals surface area contributed by atoms with Crippen molar-refractivity contribution >= 4 is 23.2 Å². The molecule has 1 fully saturated rings. The van der Waals surface area contributed by atoms with Crippen LogP contribution in [0.25, 0.3) is 0 Å². The van der Waals surface area contributed by atoms with E-state index in [1.54, 1.807) is 12.1 Å². The van der Waals surface area contributed by atoms with E-state index in [4.69, 9.17) is 0 Å². The summed E-state index contributed by atoms with van der Waals surface area (Å²) in [5.41, 5.74) is 10.2. The molecule has 142 valence electrons. The Morgan fingerprint density at radius 3 is 2.63 bits per heavy atom. The van der Waals surface area contributed by atoms with Gasteiger partial charge in [0.05, 0.1) is 4.88 Å². The Bertz CT molecular complexity index is 961. The second kappa shape index (κ2) is 6.16. The van der Waals surface area contributed by atoms with Gasteiger partial charge in [0.25, 0.3) is 11.8 Å². The van der Waals surface area contributed by atoms with Crippen LogP contribution < -0.4 is 10.9 Å². The minimum Gasteiger partial charge on any atom is -0.267 e. The predicted octanol–water partition coefficient (Wildman–Crippen LogP) is 3.69. The highest BCUT2D eigenvalue weighted by molar-refractivity contribution is 7.14. The van der Waals surface area contributed by atoms with Gasteiger partial charge in [-0.15, -0.1) is 11.3 Å². The van der Waals surface area contributed by atoms with Crippen LogP contribution in [0.4, 0.5) is 0 Å². The number of pyridine rings is 1. The Hall–Kier alpha value is -2.21. The molecule has 0 saturated heterocycles. The topological polar surface area (TPSA) is 71.1 Å². The number of nitrogens with zero attached hydrogens (tertiary/aromatic N) is 1. The van der Waals surface area contributed by atoms with Gasteiger partial charge in [-0.1, -0.05) is 20.8 Å². The molecule has 6 heteroatoms. The monoisotopic (exact) mass is 383 g/mol. The number of aryl methyl sites for hydroxylation is 3. The smallest absolute Gasteiger partial charge is 0.267 e. The quantitative estimate of drug-likeness (QED) is 0.794. The van der Waals surface area contributed by atoms with E-state index in [2.05, 4.69) is 36.6 Å². The Labute approximate surface area is 163 Å². The van der Waals surface area contributed by atoms with Crippen LogP contribution in [0.3, 0.4) is 0 Å². The molecule has 1 saturated carbocycles. The van der Waals surface area contributed by atoms with Gasteiger partial charge in [0.1, 0.15) is 0 Å². The first-order chi connectivity index (χ1) is 12.7. The largest absolute Gasteiger partial charge is 0.280 e. The molecule has 2 aliphatic carbocycles. The molecule has 2 N–H and O–H groups in total. The van der Waals surface area contributed by atoms with Gasteiger partial charge >= 0.3 is 0 Å². The number of carbonyl (C=O) groups excluding carboxylic acids is 2. The molecule has 2 heterocycles. The number of hydrogen-bond donors (Lipinski definition) is 2. The summed E-state index contributed by atoms with van der Waals surface area (Å²) in [7, 11) is 0. The van der Waals surface area contributed by atoms with Gasteiger partial charge in [-0.3, -0.25) is 25.4 Å². The fourth-order valence-electron chi connectivity index (χ4n) is 4.61. The van der Waals surface area contributed by atoms with Crippen molar-refractivity contribution < 1.29 is 9.59 Å². The van der Waals surface area contributed by atoms with E-state index >= 15 is 0 Å². The van der Waals surface area contributed by atoms with Crippen LogP contribution in [0.1, 0.15) is 74.1 Å². The summed E-state index contributed by atoms with van der Waals surface area (Å²) in [6.45, 7) is 10.6. The normalized spacial score (nSPS) is 21.4. The van der Waals surface area contributed by atoms with Crippen molar-refractivity contribution in [2.45, 2.75) is 53.4 Å². The molecule has 0 aromatic carbocycles. The number of rotatable bonds is 3. The average molecular weight is 384 g/mol. The van der Waals surface area contributed by atoms with Gasteiger partial charge in [-0.05, 0) is 67.2 Å². The first kappa shape index (κ1) is 18.2. The van der Waals surface area contributed by atoms with E-state index in [0.717, 1.165) is 29.1 Å². The van der Waals surface area contributed by atoms with Gasteiger partial charge in [-0.25, -0.2) is 0 Å².